The van der Waals surface area contributed by atoms with Crippen molar-refractivity contribution in [3.8, 4) is 11.1 Å². The first-order valence-electron chi connectivity index (χ1n) is 9.38. The highest BCUT2D eigenvalue weighted by atomic mass is 16.5. The second kappa shape index (κ2) is 6.88. The second-order valence-corrected chi connectivity index (χ2v) is 7.15. The molecule has 1 aliphatic heterocycles. The molecule has 0 bridgehead atoms. The maximum Gasteiger partial charge on any atom is 0.327 e. The van der Waals surface area contributed by atoms with E-state index in [0.717, 1.165) is 40.5 Å². The predicted molar refractivity (Wildman–Crippen MR) is 105 cm³/mol. The summed E-state index contributed by atoms with van der Waals surface area (Å²) in [6, 6.07) is 6.02. The molecule has 0 radical (unpaired) electrons. The summed E-state index contributed by atoms with van der Waals surface area (Å²) in [5.41, 5.74) is 3.87. The number of H-pyrrole nitrogens is 2. The second-order valence-electron chi connectivity index (χ2n) is 7.15. The van der Waals surface area contributed by atoms with Crippen molar-refractivity contribution in [3.63, 3.8) is 0 Å². The number of aromatic nitrogens is 5. The predicted octanol–water partition coefficient (Wildman–Crippen LogP) is 2.46. The number of nitrogens with zero attached hydrogens (tertiary/aromatic N) is 3. The van der Waals surface area contributed by atoms with Crippen LogP contribution in [-0.4, -0.2) is 50.4 Å². The Kier molecular flexibility index (Phi) is 4.22. The average Bonchev–Trinajstić information content (AvgIpc) is 3.31. The molecule has 1 fully saturated rings. The maximum absolute atomic E-state index is 12.5. The first-order chi connectivity index (χ1) is 13.7. The highest BCUT2D eigenvalue weighted by molar-refractivity contribution is 5.84. The van der Waals surface area contributed by atoms with Gasteiger partial charge in [-0.05, 0) is 24.6 Å². The molecule has 8 nitrogen and oxygen atoms in total. The number of hydrogen-bond donors (Lipinski definition) is 2. The van der Waals surface area contributed by atoms with Crippen LogP contribution < -0.4 is 5.69 Å². The summed E-state index contributed by atoms with van der Waals surface area (Å²) in [5, 5.41) is 1.03. The van der Waals surface area contributed by atoms with Gasteiger partial charge in [0.05, 0.1) is 24.3 Å². The molecule has 1 aliphatic rings. The number of rotatable bonds is 4. The number of aromatic amines is 2. The molecule has 0 spiro atoms. The van der Waals surface area contributed by atoms with Crippen molar-refractivity contribution in [1.29, 1.82) is 0 Å². The van der Waals surface area contributed by atoms with Gasteiger partial charge in [0.1, 0.15) is 5.65 Å². The summed E-state index contributed by atoms with van der Waals surface area (Å²) in [6.07, 6.45) is 7.21. The minimum Gasteiger partial charge on any atom is -0.381 e. The zero-order valence-corrected chi connectivity index (χ0v) is 15.5. The van der Waals surface area contributed by atoms with Crippen LogP contribution in [0.15, 0.2) is 41.6 Å². The number of ether oxygens (including phenoxy) is 2. The molecule has 4 aromatic heterocycles. The summed E-state index contributed by atoms with van der Waals surface area (Å²) in [7, 11) is 1.72. The van der Waals surface area contributed by atoms with Crippen LogP contribution in [0.5, 0.6) is 0 Å². The normalized spacial score (nSPS) is 20.2. The van der Waals surface area contributed by atoms with Crippen LogP contribution in [-0.2, 0) is 16.0 Å². The summed E-state index contributed by atoms with van der Waals surface area (Å²) in [4.78, 5) is 27.3. The lowest BCUT2D eigenvalue weighted by atomic mass is 10.1. The minimum absolute atomic E-state index is 0.0584. The quantitative estimate of drug-likeness (QED) is 0.568. The number of fused-ring (bicyclic) bond motifs is 2. The molecule has 2 atom stereocenters. The Hall–Kier alpha value is -2.97. The SMILES string of the molecule is COC1CCOC(Cn2c(=O)[nH]c3ncc(-c4cnc5[nH]ccc5c4)cc32)C1. The van der Waals surface area contributed by atoms with Gasteiger partial charge in [0.25, 0.3) is 0 Å². The molecular formula is C20H21N5O3. The molecular weight excluding hydrogens is 358 g/mol. The highest BCUT2D eigenvalue weighted by Crippen LogP contribution is 2.25. The molecule has 0 aromatic carbocycles. The van der Waals surface area contributed by atoms with E-state index < -0.39 is 0 Å². The molecule has 28 heavy (non-hydrogen) atoms. The maximum atomic E-state index is 12.5. The van der Waals surface area contributed by atoms with Gasteiger partial charge in [0.2, 0.25) is 0 Å². The van der Waals surface area contributed by atoms with Crippen LogP contribution in [0, 0.1) is 0 Å². The fourth-order valence-corrected chi connectivity index (χ4v) is 3.86. The van der Waals surface area contributed by atoms with Crippen LogP contribution in [0.1, 0.15) is 12.8 Å². The van der Waals surface area contributed by atoms with Crippen molar-refractivity contribution in [2.45, 2.75) is 31.6 Å². The number of imidazole rings is 1. The first-order valence-corrected chi connectivity index (χ1v) is 9.38. The third-order valence-corrected chi connectivity index (χ3v) is 5.40. The van der Waals surface area contributed by atoms with Gasteiger partial charge in [-0.1, -0.05) is 0 Å². The molecule has 8 heteroatoms. The van der Waals surface area contributed by atoms with Crippen molar-refractivity contribution < 1.29 is 9.47 Å². The summed E-state index contributed by atoms with van der Waals surface area (Å²) in [5.74, 6) is 0. The van der Waals surface area contributed by atoms with Gasteiger partial charge in [-0.2, -0.15) is 0 Å². The molecule has 2 N–H and O–H groups in total. The Labute approximate surface area is 160 Å². The van der Waals surface area contributed by atoms with E-state index in [9.17, 15) is 4.79 Å². The first kappa shape index (κ1) is 17.2. The molecule has 1 saturated heterocycles. The topological polar surface area (TPSA) is 97.8 Å². The average molecular weight is 379 g/mol. The largest absolute Gasteiger partial charge is 0.381 e. The monoisotopic (exact) mass is 379 g/mol. The van der Waals surface area contributed by atoms with Crippen LogP contribution in [0.4, 0.5) is 0 Å². The Balaban J connectivity index is 1.52. The van der Waals surface area contributed by atoms with Crippen molar-refractivity contribution in [3.05, 3.63) is 47.3 Å². The number of pyridine rings is 2. The highest BCUT2D eigenvalue weighted by Gasteiger charge is 2.24. The van der Waals surface area contributed by atoms with Gasteiger partial charge in [-0.3, -0.25) is 9.55 Å². The Bertz CT molecular complexity index is 1190. The third-order valence-electron chi connectivity index (χ3n) is 5.40. The Morgan fingerprint density at radius 1 is 1.25 bits per heavy atom. The zero-order valence-electron chi connectivity index (χ0n) is 15.5. The lowest BCUT2D eigenvalue weighted by molar-refractivity contribution is -0.0638. The van der Waals surface area contributed by atoms with Crippen molar-refractivity contribution in [2.75, 3.05) is 13.7 Å². The summed E-state index contributed by atoms with van der Waals surface area (Å²) >= 11 is 0. The molecule has 4 aromatic rings. The zero-order chi connectivity index (χ0) is 19.1. The van der Waals surface area contributed by atoms with Gasteiger partial charge >= 0.3 is 5.69 Å². The Morgan fingerprint density at radius 3 is 2.93 bits per heavy atom. The van der Waals surface area contributed by atoms with Crippen LogP contribution in [0.2, 0.25) is 0 Å². The lowest BCUT2D eigenvalue weighted by Gasteiger charge is -2.28. The van der Waals surface area contributed by atoms with E-state index in [1.54, 1.807) is 17.9 Å². The molecule has 0 aliphatic carbocycles. The van der Waals surface area contributed by atoms with E-state index in [0.29, 0.717) is 18.8 Å². The molecule has 5 rings (SSSR count). The van der Waals surface area contributed by atoms with Gasteiger partial charge < -0.3 is 14.5 Å². The number of hydrogen-bond acceptors (Lipinski definition) is 5. The van der Waals surface area contributed by atoms with Crippen LogP contribution >= 0.6 is 0 Å². The smallest absolute Gasteiger partial charge is 0.327 e. The number of methoxy groups -OCH3 is 1. The van der Waals surface area contributed by atoms with E-state index in [1.165, 1.54) is 0 Å². The molecule has 0 saturated carbocycles. The van der Waals surface area contributed by atoms with E-state index in [4.69, 9.17) is 9.47 Å². The molecule has 0 amide bonds. The fraction of sp³-hybridized carbons (Fsp3) is 0.350. The number of nitrogens with one attached hydrogen (secondary N) is 2. The summed E-state index contributed by atoms with van der Waals surface area (Å²) < 4.78 is 13.0. The van der Waals surface area contributed by atoms with Gasteiger partial charge in [-0.25, -0.2) is 14.8 Å². The lowest BCUT2D eigenvalue weighted by Crippen LogP contribution is -2.35. The molecule has 2 unspecified atom stereocenters. The van der Waals surface area contributed by atoms with Gasteiger partial charge in [0.15, 0.2) is 5.65 Å². The van der Waals surface area contributed by atoms with Crippen molar-refractivity contribution in [2.24, 2.45) is 0 Å². The van der Waals surface area contributed by atoms with E-state index in [-0.39, 0.29) is 17.9 Å². The van der Waals surface area contributed by atoms with Crippen molar-refractivity contribution in [1.82, 2.24) is 24.5 Å². The third kappa shape index (κ3) is 3.00. The standard InChI is InChI=1S/C20H21N5O3/c1-27-15-3-5-28-16(8-15)11-25-17-7-14(10-23-19(17)24-20(25)26)13-6-12-2-4-21-18(12)22-9-13/h2,4,6-7,9-10,15-16H,3,5,8,11H2,1H3,(H,21,22)(H,23,24,26). The summed E-state index contributed by atoms with van der Waals surface area (Å²) in [6.45, 7) is 1.12. The molecule has 144 valence electrons. The Morgan fingerprint density at radius 2 is 2.07 bits per heavy atom. The minimum atomic E-state index is -0.179. The van der Waals surface area contributed by atoms with E-state index >= 15 is 0 Å². The molecule has 5 heterocycles. The van der Waals surface area contributed by atoms with Crippen LogP contribution in [0.3, 0.4) is 0 Å². The van der Waals surface area contributed by atoms with Gasteiger partial charge in [-0.15, -0.1) is 0 Å². The van der Waals surface area contributed by atoms with E-state index in [2.05, 4.69) is 26.0 Å². The van der Waals surface area contributed by atoms with E-state index in [1.807, 2.05) is 24.5 Å². The van der Waals surface area contributed by atoms with Crippen LogP contribution in [0.25, 0.3) is 33.3 Å². The fourth-order valence-electron chi connectivity index (χ4n) is 3.86. The van der Waals surface area contributed by atoms with Crippen molar-refractivity contribution >= 4 is 22.2 Å². The van der Waals surface area contributed by atoms with Gasteiger partial charge in [0, 0.05) is 55.2 Å².